The molecular formula is C9H11N5O. The highest BCUT2D eigenvalue weighted by atomic mass is 16.5. The van der Waals surface area contributed by atoms with E-state index in [1.807, 2.05) is 13.0 Å². The molecule has 0 spiro atoms. The minimum atomic E-state index is 0.758. The Morgan fingerprint density at radius 3 is 3.20 bits per heavy atom. The lowest BCUT2D eigenvalue weighted by Gasteiger charge is -2.14. The summed E-state index contributed by atoms with van der Waals surface area (Å²) < 4.78 is 7.11. The van der Waals surface area contributed by atoms with Crippen molar-refractivity contribution in [2.24, 2.45) is 0 Å². The summed E-state index contributed by atoms with van der Waals surface area (Å²) in [4.78, 5) is 0. The van der Waals surface area contributed by atoms with Crippen LogP contribution in [0.3, 0.4) is 0 Å². The fraction of sp³-hybridized carbons (Fsp3) is 0.444. The average molecular weight is 205 g/mol. The molecule has 2 aromatic heterocycles. The first-order valence-corrected chi connectivity index (χ1v) is 4.91. The van der Waals surface area contributed by atoms with E-state index < -0.39 is 0 Å². The van der Waals surface area contributed by atoms with Gasteiger partial charge in [0.2, 0.25) is 0 Å². The van der Waals surface area contributed by atoms with Gasteiger partial charge in [0.1, 0.15) is 11.6 Å². The fourth-order valence-corrected chi connectivity index (χ4v) is 1.75. The second-order valence-electron chi connectivity index (χ2n) is 3.59. The summed E-state index contributed by atoms with van der Waals surface area (Å²) in [6.07, 6.45) is 0. The first-order valence-electron chi connectivity index (χ1n) is 4.91. The molecule has 0 aliphatic carbocycles. The van der Waals surface area contributed by atoms with Crippen LogP contribution < -0.4 is 5.32 Å². The van der Waals surface area contributed by atoms with Crippen molar-refractivity contribution in [3.63, 3.8) is 0 Å². The van der Waals surface area contributed by atoms with Crippen molar-refractivity contribution in [3.8, 4) is 11.5 Å². The van der Waals surface area contributed by atoms with Crippen molar-refractivity contribution in [2.75, 3.05) is 6.54 Å². The lowest BCUT2D eigenvalue weighted by Crippen LogP contribution is -2.28. The van der Waals surface area contributed by atoms with Gasteiger partial charge >= 0.3 is 0 Å². The van der Waals surface area contributed by atoms with Crippen molar-refractivity contribution in [2.45, 2.75) is 20.0 Å². The molecule has 0 aromatic carbocycles. The number of hydrogen-bond donors (Lipinski definition) is 1. The number of fused-ring (bicyclic) bond motifs is 1. The zero-order valence-electron chi connectivity index (χ0n) is 8.40. The molecule has 0 atom stereocenters. The lowest BCUT2D eigenvalue weighted by molar-refractivity contribution is 0.398. The second kappa shape index (κ2) is 3.16. The average Bonchev–Trinajstić information content (AvgIpc) is 2.83. The van der Waals surface area contributed by atoms with E-state index in [1.54, 1.807) is 0 Å². The first-order chi connectivity index (χ1) is 7.34. The SMILES string of the molecule is Cc1cc(-c2nnc3n2CCNC3)no1. The Morgan fingerprint density at radius 1 is 1.47 bits per heavy atom. The number of aryl methyl sites for hydroxylation is 1. The van der Waals surface area contributed by atoms with Gasteiger partial charge in [-0.3, -0.25) is 0 Å². The van der Waals surface area contributed by atoms with Gasteiger partial charge in [0, 0.05) is 19.2 Å². The predicted molar refractivity (Wildman–Crippen MR) is 52.0 cm³/mol. The molecule has 3 heterocycles. The maximum Gasteiger partial charge on any atom is 0.186 e. The van der Waals surface area contributed by atoms with Gasteiger partial charge in [-0.2, -0.15) is 0 Å². The molecule has 0 unspecified atom stereocenters. The Bertz CT molecular complexity index is 486. The Labute approximate surface area is 86.3 Å². The van der Waals surface area contributed by atoms with Crippen LogP contribution in [0, 0.1) is 6.92 Å². The molecule has 0 saturated heterocycles. The summed E-state index contributed by atoms with van der Waals surface area (Å²) in [6, 6.07) is 1.87. The predicted octanol–water partition coefficient (Wildman–Crippen LogP) is 0.345. The van der Waals surface area contributed by atoms with Gasteiger partial charge in [0.15, 0.2) is 11.5 Å². The van der Waals surface area contributed by atoms with Gasteiger partial charge in [-0.1, -0.05) is 5.16 Å². The summed E-state index contributed by atoms with van der Waals surface area (Å²) in [7, 11) is 0. The maximum absolute atomic E-state index is 5.03. The lowest BCUT2D eigenvalue weighted by atomic mass is 10.3. The van der Waals surface area contributed by atoms with Crippen LogP contribution in [0.5, 0.6) is 0 Å². The Morgan fingerprint density at radius 2 is 2.40 bits per heavy atom. The van der Waals surface area contributed by atoms with Crippen LogP contribution in [0.2, 0.25) is 0 Å². The van der Waals surface area contributed by atoms with E-state index in [0.29, 0.717) is 0 Å². The smallest absolute Gasteiger partial charge is 0.186 e. The first kappa shape index (κ1) is 8.60. The zero-order valence-corrected chi connectivity index (χ0v) is 8.40. The molecule has 78 valence electrons. The standard InChI is InChI=1S/C9H11N5O/c1-6-4-7(13-15-6)9-12-11-8-5-10-2-3-14(8)9/h4,10H,2-3,5H2,1H3. The van der Waals surface area contributed by atoms with Gasteiger partial charge in [-0.15, -0.1) is 10.2 Å². The molecule has 6 heteroatoms. The van der Waals surface area contributed by atoms with Crippen LogP contribution in [0.1, 0.15) is 11.6 Å². The number of aromatic nitrogens is 4. The highest BCUT2D eigenvalue weighted by Gasteiger charge is 2.18. The number of nitrogens with one attached hydrogen (secondary N) is 1. The quantitative estimate of drug-likeness (QED) is 0.727. The van der Waals surface area contributed by atoms with Crippen LogP contribution in [0.4, 0.5) is 0 Å². The summed E-state index contributed by atoms with van der Waals surface area (Å²) in [6.45, 7) is 4.45. The van der Waals surface area contributed by atoms with E-state index in [1.165, 1.54) is 0 Å². The van der Waals surface area contributed by atoms with E-state index in [4.69, 9.17) is 4.52 Å². The summed E-state index contributed by atoms with van der Waals surface area (Å²) in [5, 5.41) is 15.4. The highest BCUT2D eigenvalue weighted by Crippen LogP contribution is 2.18. The Kier molecular flexibility index (Phi) is 1.81. The molecule has 1 aliphatic heterocycles. The zero-order chi connectivity index (χ0) is 10.3. The summed E-state index contributed by atoms with van der Waals surface area (Å²) >= 11 is 0. The van der Waals surface area contributed by atoms with Crippen molar-refractivity contribution < 1.29 is 4.52 Å². The topological polar surface area (TPSA) is 68.8 Å². The van der Waals surface area contributed by atoms with Crippen LogP contribution >= 0.6 is 0 Å². The third-order valence-corrected chi connectivity index (χ3v) is 2.48. The Balaban J connectivity index is 2.08. The molecule has 0 saturated carbocycles. The van der Waals surface area contributed by atoms with Gasteiger partial charge in [0.05, 0.1) is 6.54 Å². The molecule has 0 bridgehead atoms. The largest absolute Gasteiger partial charge is 0.361 e. The minimum Gasteiger partial charge on any atom is -0.361 e. The second-order valence-corrected chi connectivity index (χ2v) is 3.59. The van der Waals surface area contributed by atoms with Crippen LogP contribution in [-0.4, -0.2) is 26.5 Å². The fourth-order valence-electron chi connectivity index (χ4n) is 1.75. The number of nitrogens with zero attached hydrogens (tertiary/aromatic N) is 4. The van der Waals surface area contributed by atoms with Crippen molar-refractivity contribution in [3.05, 3.63) is 17.7 Å². The molecule has 15 heavy (non-hydrogen) atoms. The van der Waals surface area contributed by atoms with E-state index in [2.05, 4.69) is 25.2 Å². The minimum absolute atomic E-state index is 0.758. The summed E-state index contributed by atoms with van der Waals surface area (Å²) in [5.74, 6) is 2.54. The van der Waals surface area contributed by atoms with Crippen molar-refractivity contribution in [1.29, 1.82) is 0 Å². The highest BCUT2D eigenvalue weighted by molar-refractivity contribution is 5.49. The normalized spacial score (nSPS) is 15.3. The van der Waals surface area contributed by atoms with E-state index in [9.17, 15) is 0 Å². The molecular weight excluding hydrogens is 194 g/mol. The molecule has 0 fully saturated rings. The van der Waals surface area contributed by atoms with Crippen molar-refractivity contribution >= 4 is 0 Å². The molecule has 6 nitrogen and oxygen atoms in total. The molecule has 1 aliphatic rings. The molecule has 3 rings (SSSR count). The third kappa shape index (κ3) is 1.33. The van der Waals surface area contributed by atoms with E-state index in [-0.39, 0.29) is 0 Å². The van der Waals surface area contributed by atoms with Gasteiger partial charge in [-0.25, -0.2) is 0 Å². The molecule has 1 N–H and O–H groups in total. The van der Waals surface area contributed by atoms with Crippen LogP contribution in [0.25, 0.3) is 11.5 Å². The third-order valence-electron chi connectivity index (χ3n) is 2.48. The molecule has 2 aromatic rings. The molecule has 0 amide bonds. The van der Waals surface area contributed by atoms with E-state index >= 15 is 0 Å². The van der Waals surface area contributed by atoms with Crippen LogP contribution in [0.15, 0.2) is 10.6 Å². The maximum atomic E-state index is 5.03. The van der Waals surface area contributed by atoms with Crippen molar-refractivity contribution in [1.82, 2.24) is 25.2 Å². The number of rotatable bonds is 1. The summed E-state index contributed by atoms with van der Waals surface area (Å²) in [5.41, 5.74) is 0.758. The number of hydrogen-bond acceptors (Lipinski definition) is 5. The monoisotopic (exact) mass is 205 g/mol. The van der Waals surface area contributed by atoms with Gasteiger partial charge in [-0.05, 0) is 6.92 Å². The Hall–Kier alpha value is -1.69. The van der Waals surface area contributed by atoms with Gasteiger partial charge < -0.3 is 14.4 Å². The van der Waals surface area contributed by atoms with Crippen LogP contribution in [-0.2, 0) is 13.1 Å². The van der Waals surface area contributed by atoms with E-state index in [0.717, 1.165) is 42.7 Å². The molecule has 0 radical (unpaired) electrons. The van der Waals surface area contributed by atoms with Gasteiger partial charge in [0.25, 0.3) is 0 Å².